The molecule has 1 N–H and O–H groups in total. The van der Waals surface area contributed by atoms with Crippen molar-refractivity contribution in [2.75, 3.05) is 18.0 Å². The fraction of sp³-hybridized carbons (Fsp3) is 0.375. The highest BCUT2D eigenvalue weighted by Gasteiger charge is 2.59. The monoisotopic (exact) mass is 387 g/mol. The minimum atomic E-state index is -4.91. The van der Waals surface area contributed by atoms with Crippen LogP contribution in [0, 0.1) is 0 Å². The van der Waals surface area contributed by atoms with Gasteiger partial charge in [0, 0.05) is 19.3 Å². The Bertz CT molecular complexity index is 840. The zero-order chi connectivity index (χ0) is 18.2. The van der Waals surface area contributed by atoms with Gasteiger partial charge in [-0.15, -0.1) is 11.3 Å². The fourth-order valence-corrected chi connectivity index (χ4v) is 4.78. The third kappa shape index (κ3) is 3.00. The lowest BCUT2D eigenvalue weighted by Crippen LogP contribution is -2.42. The van der Waals surface area contributed by atoms with Gasteiger partial charge in [-0.25, -0.2) is 9.97 Å². The van der Waals surface area contributed by atoms with Gasteiger partial charge in [0.15, 0.2) is 5.13 Å². The van der Waals surface area contributed by atoms with Crippen LogP contribution in [0.15, 0.2) is 30.5 Å². The number of aliphatic hydroxyl groups is 1. The van der Waals surface area contributed by atoms with E-state index in [-0.39, 0.29) is 4.88 Å². The lowest BCUT2D eigenvalue weighted by Gasteiger charge is -2.27. The van der Waals surface area contributed by atoms with E-state index >= 15 is 0 Å². The first-order valence-corrected chi connectivity index (χ1v) is 9.31. The zero-order valence-corrected chi connectivity index (χ0v) is 15.2. The molecule has 0 aliphatic heterocycles. The van der Waals surface area contributed by atoms with Gasteiger partial charge >= 0.3 is 6.18 Å². The normalized spacial score (nSPS) is 14.6. The van der Waals surface area contributed by atoms with E-state index in [0.29, 0.717) is 28.4 Å². The molecule has 0 spiro atoms. The van der Waals surface area contributed by atoms with Gasteiger partial charge in [0.25, 0.3) is 0 Å². The smallest absolute Gasteiger partial charge is 0.370 e. The lowest BCUT2D eigenvalue weighted by atomic mass is 10.0. The van der Waals surface area contributed by atoms with Crippen molar-refractivity contribution in [3.63, 3.8) is 0 Å². The standard InChI is InChI=1S/C16H16F3N3OS2/c1-3-22(4-2)14-20-9-12(25-14)15(23,16(17,18)19)13-21-10-7-5-6-8-11(10)24-13/h5-9,23H,3-4H2,1-2H3/t15-/m0/s1. The number of anilines is 1. The highest BCUT2D eigenvalue weighted by atomic mass is 32.1. The predicted octanol–water partition coefficient (Wildman–Crippen LogP) is 4.40. The van der Waals surface area contributed by atoms with Crippen LogP contribution in [0.2, 0.25) is 0 Å². The maximum absolute atomic E-state index is 13.9. The molecule has 3 aromatic rings. The van der Waals surface area contributed by atoms with Crippen molar-refractivity contribution >= 4 is 38.0 Å². The number of hydrogen-bond acceptors (Lipinski definition) is 6. The molecule has 0 saturated carbocycles. The second-order valence-corrected chi connectivity index (χ2v) is 7.41. The first-order chi connectivity index (χ1) is 11.8. The van der Waals surface area contributed by atoms with Crippen molar-refractivity contribution in [1.29, 1.82) is 0 Å². The second kappa shape index (κ2) is 6.54. The molecule has 1 atom stereocenters. The molecule has 2 heterocycles. The van der Waals surface area contributed by atoms with Crippen LogP contribution in [0.5, 0.6) is 0 Å². The number of halogens is 3. The van der Waals surface area contributed by atoms with E-state index in [2.05, 4.69) is 9.97 Å². The summed E-state index contributed by atoms with van der Waals surface area (Å²) in [5, 5.41) is 10.8. The summed E-state index contributed by atoms with van der Waals surface area (Å²) < 4.78 is 42.2. The molecule has 0 unspecified atom stereocenters. The Morgan fingerprint density at radius 2 is 1.80 bits per heavy atom. The Morgan fingerprint density at radius 3 is 2.40 bits per heavy atom. The molecular weight excluding hydrogens is 371 g/mol. The Balaban J connectivity index is 2.14. The number of benzene rings is 1. The molecule has 9 heteroatoms. The Morgan fingerprint density at radius 1 is 1.12 bits per heavy atom. The van der Waals surface area contributed by atoms with Crippen LogP contribution in [0.25, 0.3) is 10.2 Å². The zero-order valence-electron chi connectivity index (χ0n) is 13.5. The van der Waals surface area contributed by atoms with Gasteiger partial charge in [-0.05, 0) is 26.0 Å². The van der Waals surface area contributed by atoms with Crippen molar-refractivity contribution < 1.29 is 18.3 Å². The predicted molar refractivity (Wildman–Crippen MR) is 94.3 cm³/mol. The average molecular weight is 387 g/mol. The van der Waals surface area contributed by atoms with E-state index in [9.17, 15) is 18.3 Å². The molecule has 25 heavy (non-hydrogen) atoms. The molecule has 0 saturated heterocycles. The van der Waals surface area contributed by atoms with Gasteiger partial charge in [0.2, 0.25) is 5.60 Å². The van der Waals surface area contributed by atoms with Crippen molar-refractivity contribution in [3.8, 4) is 0 Å². The molecule has 0 amide bonds. The van der Waals surface area contributed by atoms with E-state index in [4.69, 9.17) is 0 Å². The van der Waals surface area contributed by atoms with Gasteiger partial charge in [-0.3, -0.25) is 0 Å². The number of nitrogens with zero attached hydrogens (tertiary/aromatic N) is 3. The summed E-state index contributed by atoms with van der Waals surface area (Å²) in [4.78, 5) is 9.67. The third-order valence-corrected chi connectivity index (χ3v) is 6.21. The van der Waals surface area contributed by atoms with Crippen LogP contribution in [0.4, 0.5) is 18.3 Å². The topological polar surface area (TPSA) is 49.2 Å². The van der Waals surface area contributed by atoms with Crippen LogP contribution in [-0.4, -0.2) is 34.3 Å². The van der Waals surface area contributed by atoms with Crippen molar-refractivity contribution in [2.24, 2.45) is 0 Å². The maximum Gasteiger partial charge on any atom is 0.429 e. The number of para-hydroxylation sites is 1. The number of fused-ring (bicyclic) bond motifs is 1. The number of hydrogen-bond donors (Lipinski definition) is 1. The van der Waals surface area contributed by atoms with E-state index in [1.807, 2.05) is 18.7 Å². The van der Waals surface area contributed by atoms with Crippen molar-refractivity contribution in [2.45, 2.75) is 25.6 Å². The van der Waals surface area contributed by atoms with Gasteiger partial charge in [0.05, 0.1) is 15.1 Å². The first-order valence-electron chi connectivity index (χ1n) is 7.67. The average Bonchev–Trinajstić information content (AvgIpc) is 3.21. The molecule has 0 aliphatic carbocycles. The van der Waals surface area contributed by atoms with Crippen LogP contribution in [0.3, 0.4) is 0 Å². The largest absolute Gasteiger partial charge is 0.429 e. The van der Waals surface area contributed by atoms with Crippen molar-refractivity contribution in [3.05, 3.63) is 40.3 Å². The number of rotatable bonds is 5. The van der Waals surface area contributed by atoms with E-state index in [1.165, 1.54) is 0 Å². The maximum atomic E-state index is 13.9. The summed E-state index contributed by atoms with van der Waals surface area (Å²) in [7, 11) is 0. The Labute approximate surface area is 150 Å². The molecule has 3 rings (SSSR count). The molecule has 4 nitrogen and oxygen atoms in total. The quantitative estimate of drug-likeness (QED) is 0.705. The highest BCUT2D eigenvalue weighted by molar-refractivity contribution is 7.19. The Kier molecular flexibility index (Phi) is 4.74. The van der Waals surface area contributed by atoms with Crippen molar-refractivity contribution in [1.82, 2.24) is 9.97 Å². The molecule has 0 fully saturated rings. The van der Waals surface area contributed by atoms with Gasteiger partial charge in [0.1, 0.15) is 5.01 Å². The van der Waals surface area contributed by atoms with E-state index in [0.717, 1.165) is 28.9 Å². The molecule has 1 aromatic carbocycles. The minimum Gasteiger partial charge on any atom is -0.370 e. The molecule has 0 bridgehead atoms. The van der Waals surface area contributed by atoms with Crippen LogP contribution < -0.4 is 4.90 Å². The summed E-state index contributed by atoms with van der Waals surface area (Å²) in [6.45, 7) is 5.03. The number of aromatic nitrogens is 2. The summed E-state index contributed by atoms with van der Waals surface area (Å²) >= 11 is 1.68. The van der Waals surface area contributed by atoms with Crippen LogP contribution in [0.1, 0.15) is 23.7 Å². The first kappa shape index (κ1) is 18.1. The van der Waals surface area contributed by atoms with E-state index in [1.54, 1.807) is 24.3 Å². The molecule has 134 valence electrons. The SMILES string of the molecule is CCN(CC)c1ncc([C@](O)(c2nc3ccccc3s2)C(F)(F)F)s1. The van der Waals surface area contributed by atoms with Gasteiger partial charge in [-0.1, -0.05) is 23.5 Å². The molecule has 0 radical (unpaired) electrons. The molecule has 2 aromatic heterocycles. The van der Waals surface area contributed by atoms with E-state index < -0.39 is 16.8 Å². The summed E-state index contributed by atoms with van der Waals surface area (Å²) in [5.41, 5.74) is -2.74. The molecular formula is C16H16F3N3OS2. The fourth-order valence-electron chi connectivity index (χ4n) is 2.47. The third-order valence-electron chi connectivity index (χ3n) is 3.90. The van der Waals surface area contributed by atoms with Crippen LogP contribution >= 0.6 is 22.7 Å². The van der Waals surface area contributed by atoms with Gasteiger partial charge < -0.3 is 10.0 Å². The number of thiazole rings is 2. The summed E-state index contributed by atoms with van der Waals surface area (Å²) in [5.74, 6) is 0. The minimum absolute atomic E-state index is 0.277. The van der Waals surface area contributed by atoms with Crippen LogP contribution in [-0.2, 0) is 5.60 Å². The Hall–Kier alpha value is -1.71. The molecule has 0 aliphatic rings. The lowest BCUT2D eigenvalue weighted by molar-refractivity contribution is -0.247. The summed E-state index contributed by atoms with van der Waals surface area (Å²) in [6.07, 6.45) is -3.81. The summed E-state index contributed by atoms with van der Waals surface area (Å²) in [6, 6.07) is 6.73. The highest BCUT2D eigenvalue weighted by Crippen LogP contribution is 2.48. The number of alkyl halides is 3. The van der Waals surface area contributed by atoms with Gasteiger partial charge in [-0.2, -0.15) is 13.2 Å². The second-order valence-electron chi connectivity index (χ2n) is 5.37.